The van der Waals surface area contributed by atoms with E-state index in [1.807, 2.05) is 130 Å². The van der Waals surface area contributed by atoms with Crippen molar-refractivity contribution < 1.29 is 60.3 Å². The molecular weight excluding hydrogens is 1320 g/mol. The van der Waals surface area contributed by atoms with Gasteiger partial charge in [-0.2, -0.15) is 15.3 Å². The van der Waals surface area contributed by atoms with Crippen molar-refractivity contribution in [3.05, 3.63) is 198 Å². The number of rotatable bonds is 9. The molecule has 0 N–H and O–H groups in total. The molecule has 3 radical (unpaired) electrons. The van der Waals surface area contributed by atoms with E-state index in [1.54, 1.807) is 0 Å². The molecule has 0 saturated heterocycles. The van der Waals surface area contributed by atoms with Gasteiger partial charge in [0, 0.05) is 73.2 Å². The van der Waals surface area contributed by atoms with E-state index in [-0.39, 0.29) is 60.3 Å². The molecule has 0 saturated carbocycles. The van der Waals surface area contributed by atoms with Crippen molar-refractivity contribution in [2.75, 3.05) is 0 Å². The third kappa shape index (κ3) is 12.5. The minimum atomic E-state index is 0. The van der Waals surface area contributed by atoms with Crippen LogP contribution in [0.25, 0.3) is 51.2 Å². The quantitative estimate of drug-likeness (QED) is 0.134. The normalized spacial score (nSPS) is 10.2. The fourth-order valence-electron chi connectivity index (χ4n) is 6.63. The van der Waals surface area contributed by atoms with Gasteiger partial charge in [0.2, 0.25) is 0 Å². The van der Waals surface area contributed by atoms with Crippen LogP contribution in [0.1, 0.15) is 54.4 Å². The molecule has 0 amide bonds. The maximum absolute atomic E-state index is 4.71. The Kier molecular flexibility index (Phi) is 19.6. The maximum Gasteiger partial charge on any atom is 0.140 e. The van der Waals surface area contributed by atoms with Crippen LogP contribution in [0.5, 0.6) is 0 Å². The van der Waals surface area contributed by atoms with Gasteiger partial charge in [0.25, 0.3) is 0 Å². The number of nitrogens with zero attached hydrogens (tertiary/aromatic N) is 9. The summed E-state index contributed by atoms with van der Waals surface area (Å²) in [5.74, 6) is 5.02. The van der Waals surface area contributed by atoms with Crippen molar-refractivity contribution in [2.24, 2.45) is 0 Å². The van der Waals surface area contributed by atoms with E-state index >= 15 is 0 Å². The molecule has 9 nitrogen and oxygen atoms in total. The van der Waals surface area contributed by atoms with Crippen LogP contribution in [0.3, 0.4) is 0 Å². The first kappa shape index (κ1) is 50.3. The Bertz CT molecular complexity index is 2760. The standard InChI is InChI=1S/C18H18N3.C17H16N3.C16H14N3.3Ir/c1-3-9-17-19-18(15-11-5-4-6-12-15)21(20-17)16-13-8-7-10-14(16)2;1-3-16-18-17(14-10-5-4-6-11-14)20(19-16)15-12-8-7-9-13(15)2;1-12-8-6-7-11-15(12)19-16(17-13(2)18-19)14-9-4-3-5-10-14;;;/h4-8,10-11,13H,3,9H2,1-2H3;4-10,12H,3H2,1-2H3;3-9,11H,1-2H3;;;/q3*-1;;;. The molecule has 3 heterocycles. The molecule has 0 bridgehead atoms. The molecule has 9 rings (SSSR count). The summed E-state index contributed by atoms with van der Waals surface area (Å²) in [6, 6.07) is 57.9. The minimum absolute atomic E-state index is 0. The summed E-state index contributed by atoms with van der Waals surface area (Å²) in [5, 5.41) is 13.8. The minimum Gasteiger partial charge on any atom is -0.262 e. The second-order valence-electron chi connectivity index (χ2n) is 14.2. The number of hydrogen-bond acceptors (Lipinski definition) is 6. The SMILES string of the molecule is CCCc1nc(-c2[c-]cccc2)n(-c2ccccc2C)n1.CCc1nc(-c2[c-]cccc2)n(-c2ccccc2C)n1.Cc1nc(-c2[c-]cccc2)n(-c2ccccc2C)n1.[Ir].[Ir].[Ir]. The molecule has 327 valence electrons. The zero-order chi connectivity index (χ0) is 41.8. The second-order valence-corrected chi connectivity index (χ2v) is 14.2. The van der Waals surface area contributed by atoms with Gasteiger partial charge in [-0.05, 0) is 69.0 Å². The Hall–Kier alpha value is -5.31. The van der Waals surface area contributed by atoms with E-state index in [1.165, 1.54) is 16.7 Å². The van der Waals surface area contributed by atoms with Gasteiger partial charge in [0.05, 0.1) is 34.5 Å². The van der Waals surface area contributed by atoms with Gasteiger partial charge in [0.1, 0.15) is 17.5 Å². The van der Waals surface area contributed by atoms with E-state index in [0.29, 0.717) is 0 Å². The Labute approximate surface area is 411 Å². The fourth-order valence-corrected chi connectivity index (χ4v) is 6.63. The van der Waals surface area contributed by atoms with Gasteiger partial charge >= 0.3 is 0 Å². The number of aryl methyl sites for hydroxylation is 6. The monoisotopic (exact) mass is 1370 g/mol. The van der Waals surface area contributed by atoms with Crippen molar-refractivity contribution in [3.8, 4) is 51.2 Å². The van der Waals surface area contributed by atoms with Gasteiger partial charge in [-0.15, -0.1) is 108 Å². The average Bonchev–Trinajstić information content (AvgIpc) is 4.03. The number of hydrogen-bond donors (Lipinski definition) is 0. The fraction of sp³-hybridized carbons (Fsp3) is 0.176. The third-order valence-corrected chi connectivity index (χ3v) is 9.69. The molecule has 6 aromatic carbocycles. The van der Waals surface area contributed by atoms with Gasteiger partial charge < -0.3 is 0 Å². The summed E-state index contributed by atoms with van der Waals surface area (Å²) in [7, 11) is 0. The van der Waals surface area contributed by atoms with E-state index in [0.717, 1.165) is 88.0 Å². The van der Waals surface area contributed by atoms with Crippen LogP contribution in [-0.4, -0.2) is 44.3 Å². The van der Waals surface area contributed by atoms with Crippen LogP contribution < -0.4 is 0 Å². The largest absolute Gasteiger partial charge is 0.262 e. The Morgan fingerprint density at radius 3 is 1.13 bits per heavy atom. The second kappa shape index (κ2) is 24.5. The molecule has 0 aliphatic rings. The number of para-hydroxylation sites is 3. The summed E-state index contributed by atoms with van der Waals surface area (Å²) in [5.41, 5.74) is 9.59. The van der Waals surface area contributed by atoms with Crippen LogP contribution >= 0.6 is 0 Å². The Balaban J connectivity index is 0.000000203. The zero-order valence-corrected chi connectivity index (χ0v) is 43.2. The van der Waals surface area contributed by atoms with Crippen molar-refractivity contribution in [1.82, 2.24) is 44.3 Å². The summed E-state index contributed by atoms with van der Waals surface area (Å²) >= 11 is 0. The van der Waals surface area contributed by atoms with Crippen molar-refractivity contribution in [2.45, 2.75) is 60.8 Å². The Morgan fingerprint density at radius 1 is 0.413 bits per heavy atom. The summed E-state index contributed by atoms with van der Waals surface area (Å²) in [6.07, 6.45) is 2.74. The average molecular weight is 1360 g/mol. The molecule has 0 aliphatic heterocycles. The molecule has 0 unspecified atom stereocenters. The predicted molar refractivity (Wildman–Crippen MR) is 239 cm³/mol. The first-order valence-electron chi connectivity index (χ1n) is 20.3. The molecule has 12 heteroatoms. The molecule has 9 aromatic rings. The number of benzene rings is 6. The van der Waals surface area contributed by atoms with Crippen LogP contribution in [0, 0.1) is 45.9 Å². The summed E-state index contributed by atoms with van der Waals surface area (Å²) in [6.45, 7) is 12.4. The van der Waals surface area contributed by atoms with E-state index in [9.17, 15) is 0 Å². The maximum atomic E-state index is 4.71. The predicted octanol–water partition coefficient (Wildman–Crippen LogP) is 10.9. The van der Waals surface area contributed by atoms with Crippen LogP contribution in [0.4, 0.5) is 0 Å². The first-order chi connectivity index (χ1) is 29.3. The topological polar surface area (TPSA) is 92.1 Å². The van der Waals surface area contributed by atoms with Gasteiger partial charge in [-0.25, -0.2) is 0 Å². The van der Waals surface area contributed by atoms with Crippen LogP contribution in [0.2, 0.25) is 0 Å². The van der Waals surface area contributed by atoms with Crippen molar-refractivity contribution in [3.63, 3.8) is 0 Å². The molecule has 0 fully saturated rings. The van der Waals surface area contributed by atoms with Crippen LogP contribution in [0.15, 0.2) is 146 Å². The van der Waals surface area contributed by atoms with E-state index in [4.69, 9.17) is 10.1 Å². The molecule has 0 atom stereocenters. The molecule has 0 aliphatic carbocycles. The molecule has 3 aromatic heterocycles. The van der Waals surface area contributed by atoms with Gasteiger partial charge in [0.15, 0.2) is 0 Å². The van der Waals surface area contributed by atoms with Gasteiger partial charge in [-0.1, -0.05) is 68.4 Å². The van der Waals surface area contributed by atoms with Crippen LogP contribution in [-0.2, 0) is 73.2 Å². The third-order valence-electron chi connectivity index (χ3n) is 9.69. The zero-order valence-electron chi connectivity index (χ0n) is 36.0. The smallest absolute Gasteiger partial charge is 0.140 e. The first-order valence-corrected chi connectivity index (χ1v) is 20.3. The molecular formula is C51H48Ir3N9-3. The van der Waals surface area contributed by atoms with E-state index < -0.39 is 0 Å². The summed E-state index contributed by atoms with van der Waals surface area (Å²) in [4.78, 5) is 13.9. The Morgan fingerprint density at radius 2 is 0.762 bits per heavy atom. The van der Waals surface area contributed by atoms with Crippen molar-refractivity contribution >= 4 is 0 Å². The number of aromatic nitrogens is 9. The van der Waals surface area contributed by atoms with Crippen molar-refractivity contribution in [1.29, 1.82) is 0 Å². The van der Waals surface area contributed by atoms with E-state index in [2.05, 4.69) is 109 Å². The molecule has 0 spiro atoms. The summed E-state index contributed by atoms with van der Waals surface area (Å²) < 4.78 is 5.74. The van der Waals surface area contributed by atoms with Gasteiger partial charge in [-0.3, -0.25) is 29.0 Å². The molecule has 63 heavy (non-hydrogen) atoms.